The van der Waals surface area contributed by atoms with E-state index in [1.165, 1.54) is 37.2 Å². The highest BCUT2D eigenvalue weighted by Gasteiger charge is 2.27. The van der Waals surface area contributed by atoms with E-state index in [1.807, 2.05) is 11.8 Å². The zero-order valence-corrected chi connectivity index (χ0v) is 20.3. The third-order valence-corrected chi connectivity index (χ3v) is 7.73. The molecule has 1 atom stereocenters. The van der Waals surface area contributed by atoms with E-state index in [0.29, 0.717) is 24.1 Å². The summed E-state index contributed by atoms with van der Waals surface area (Å²) in [4.78, 5) is 21.0. The van der Waals surface area contributed by atoms with Gasteiger partial charge >= 0.3 is 5.97 Å². The van der Waals surface area contributed by atoms with Crippen LogP contribution >= 0.6 is 0 Å². The molecule has 2 N–H and O–H groups in total. The zero-order valence-electron chi connectivity index (χ0n) is 19.4. The van der Waals surface area contributed by atoms with E-state index in [4.69, 9.17) is 4.74 Å². The number of aromatic carboxylic acids is 1. The van der Waals surface area contributed by atoms with Crippen LogP contribution in [0.4, 0.5) is 11.5 Å². The molecule has 2 fully saturated rings. The summed E-state index contributed by atoms with van der Waals surface area (Å²) in [5, 5.41) is 9.85. The SMILES string of the molecule is CCOc1ccc(S(=O)(=O)Nc2cnc(N3CCC[C@H](CN4CCCC4)C3)c(C(=O)O)c2)cc1. The predicted octanol–water partition coefficient (Wildman–Crippen LogP) is 3.29. The molecule has 0 saturated carbocycles. The van der Waals surface area contributed by atoms with Crippen LogP contribution in [0.2, 0.25) is 0 Å². The maximum atomic E-state index is 12.8. The maximum Gasteiger partial charge on any atom is 0.339 e. The number of hydrogen-bond acceptors (Lipinski definition) is 7. The van der Waals surface area contributed by atoms with Crippen molar-refractivity contribution in [3.05, 3.63) is 42.1 Å². The van der Waals surface area contributed by atoms with Gasteiger partial charge in [-0.15, -0.1) is 0 Å². The van der Waals surface area contributed by atoms with Gasteiger partial charge in [-0.25, -0.2) is 18.2 Å². The molecular weight excluding hydrogens is 456 g/mol. The van der Waals surface area contributed by atoms with Gasteiger partial charge < -0.3 is 19.6 Å². The van der Waals surface area contributed by atoms with Gasteiger partial charge in [-0.05, 0) is 81.9 Å². The molecule has 4 rings (SSSR count). The molecule has 2 aliphatic heterocycles. The molecule has 0 unspecified atom stereocenters. The zero-order chi connectivity index (χ0) is 24.1. The molecule has 0 aliphatic carbocycles. The number of carboxylic acid groups (broad SMARTS) is 1. The number of anilines is 2. The normalized spacial score (nSPS) is 19.2. The lowest BCUT2D eigenvalue weighted by Gasteiger charge is -2.36. The second-order valence-electron chi connectivity index (χ2n) is 8.87. The van der Waals surface area contributed by atoms with Crippen molar-refractivity contribution in [2.45, 2.75) is 37.5 Å². The molecule has 1 aromatic carbocycles. The van der Waals surface area contributed by atoms with Gasteiger partial charge in [0.2, 0.25) is 0 Å². The summed E-state index contributed by atoms with van der Waals surface area (Å²) in [6, 6.07) is 7.40. The van der Waals surface area contributed by atoms with E-state index >= 15 is 0 Å². The first kappa shape index (κ1) is 24.3. The highest BCUT2D eigenvalue weighted by Crippen LogP contribution is 2.28. The fraction of sp³-hybridized carbons (Fsp3) is 0.500. The number of carbonyl (C=O) groups is 1. The summed E-state index contributed by atoms with van der Waals surface area (Å²) in [6.45, 7) is 7.12. The van der Waals surface area contributed by atoms with Crippen LogP contribution in [0.15, 0.2) is 41.4 Å². The van der Waals surface area contributed by atoms with Gasteiger partial charge in [0.25, 0.3) is 10.0 Å². The molecule has 2 saturated heterocycles. The molecule has 0 radical (unpaired) electrons. The van der Waals surface area contributed by atoms with E-state index in [9.17, 15) is 18.3 Å². The van der Waals surface area contributed by atoms with Gasteiger partial charge in [0.15, 0.2) is 0 Å². The van der Waals surface area contributed by atoms with Crippen LogP contribution in [-0.4, -0.2) is 68.7 Å². The topological polar surface area (TPSA) is 112 Å². The molecular formula is C24H32N4O5S. The van der Waals surface area contributed by atoms with Gasteiger partial charge in [0.1, 0.15) is 17.1 Å². The number of nitrogens with one attached hydrogen (secondary N) is 1. The van der Waals surface area contributed by atoms with Crippen molar-refractivity contribution >= 4 is 27.5 Å². The first-order chi connectivity index (χ1) is 16.4. The third kappa shape index (κ3) is 5.79. The molecule has 3 heterocycles. The van der Waals surface area contributed by atoms with Crippen LogP contribution in [0.25, 0.3) is 0 Å². The number of hydrogen-bond donors (Lipinski definition) is 2. The molecule has 9 nitrogen and oxygen atoms in total. The monoisotopic (exact) mass is 488 g/mol. The Kier molecular flexibility index (Phi) is 7.57. The van der Waals surface area contributed by atoms with Crippen molar-refractivity contribution in [2.75, 3.05) is 49.0 Å². The largest absolute Gasteiger partial charge is 0.494 e. The van der Waals surface area contributed by atoms with E-state index in [-0.39, 0.29) is 16.1 Å². The summed E-state index contributed by atoms with van der Waals surface area (Å²) < 4.78 is 33.4. The molecule has 0 amide bonds. The lowest BCUT2D eigenvalue weighted by Crippen LogP contribution is -2.41. The predicted molar refractivity (Wildman–Crippen MR) is 130 cm³/mol. The van der Waals surface area contributed by atoms with Crippen LogP contribution in [0.1, 0.15) is 43.0 Å². The quantitative estimate of drug-likeness (QED) is 0.553. The first-order valence-electron chi connectivity index (χ1n) is 11.8. The summed E-state index contributed by atoms with van der Waals surface area (Å²) in [7, 11) is -3.91. The molecule has 1 aromatic heterocycles. The van der Waals surface area contributed by atoms with Crippen molar-refractivity contribution in [1.29, 1.82) is 0 Å². The second kappa shape index (κ2) is 10.6. The maximum absolute atomic E-state index is 12.8. The molecule has 0 spiro atoms. The van der Waals surface area contributed by atoms with Gasteiger partial charge in [-0.3, -0.25) is 4.72 Å². The first-order valence-corrected chi connectivity index (χ1v) is 13.3. The van der Waals surface area contributed by atoms with Gasteiger partial charge in [-0.1, -0.05) is 0 Å². The second-order valence-corrected chi connectivity index (χ2v) is 10.6. The smallest absolute Gasteiger partial charge is 0.339 e. The van der Waals surface area contributed by atoms with Crippen LogP contribution in [-0.2, 0) is 10.0 Å². The minimum absolute atomic E-state index is 0.00582. The fourth-order valence-corrected chi connectivity index (χ4v) is 5.79. The minimum Gasteiger partial charge on any atom is -0.494 e. The average Bonchev–Trinajstić information content (AvgIpc) is 3.32. The molecule has 184 valence electrons. The van der Waals surface area contributed by atoms with Crippen LogP contribution in [0.5, 0.6) is 5.75 Å². The van der Waals surface area contributed by atoms with Crippen molar-refractivity contribution in [2.24, 2.45) is 5.92 Å². The van der Waals surface area contributed by atoms with Crippen LogP contribution in [0.3, 0.4) is 0 Å². The van der Waals surface area contributed by atoms with E-state index in [1.54, 1.807) is 12.1 Å². The van der Waals surface area contributed by atoms with Crippen LogP contribution < -0.4 is 14.4 Å². The Labute approximate surface area is 200 Å². The molecule has 0 bridgehead atoms. The summed E-state index contributed by atoms with van der Waals surface area (Å²) >= 11 is 0. The van der Waals surface area contributed by atoms with Crippen molar-refractivity contribution in [3.63, 3.8) is 0 Å². The van der Waals surface area contributed by atoms with Crippen molar-refractivity contribution in [1.82, 2.24) is 9.88 Å². The van der Waals surface area contributed by atoms with Crippen LogP contribution in [0, 0.1) is 5.92 Å². The van der Waals surface area contributed by atoms with Crippen molar-refractivity contribution < 1.29 is 23.1 Å². The number of aromatic nitrogens is 1. The van der Waals surface area contributed by atoms with E-state index in [2.05, 4.69) is 14.6 Å². The number of rotatable bonds is 9. The fourth-order valence-electron chi connectivity index (χ4n) is 4.76. The molecule has 10 heteroatoms. The highest BCUT2D eigenvalue weighted by molar-refractivity contribution is 7.92. The Morgan fingerprint density at radius 1 is 1.18 bits per heavy atom. The number of sulfonamides is 1. The Bertz CT molecular complexity index is 1100. The number of pyridine rings is 1. The Balaban J connectivity index is 1.50. The number of ether oxygens (including phenoxy) is 1. The molecule has 2 aromatic rings. The Morgan fingerprint density at radius 2 is 1.91 bits per heavy atom. The van der Waals surface area contributed by atoms with Gasteiger partial charge in [0, 0.05) is 19.6 Å². The average molecular weight is 489 g/mol. The number of nitrogens with zero attached hydrogens (tertiary/aromatic N) is 3. The summed E-state index contributed by atoms with van der Waals surface area (Å²) in [6.07, 6.45) is 5.98. The number of likely N-dealkylation sites (tertiary alicyclic amines) is 1. The van der Waals surface area contributed by atoms with Gasteiger partial charge in [0.05, 0.1) is 23.4 Å². The van der Waals surface area contributed by atoms with E-state index in [0.717, 1.165) is 45.6 Å². The summed E-state index contributed by atoms with van der Waals surface area (Å²) in [5.41, 5.74) is 0.106. The highest BCUT2D eigenvalue weighted by atomic mass is 32.2. The number of piperidine rings is 1. The Hall–Kier alpha value is -2.85. The lowest BCUT2D eigenvalue weighted by atomic mass is 9.97. The lowest BCUT2D eigenvalue weighted by molar-refractivity contribution is 0.0697. The number of benzene rings is 1. The van der Waals surface area contributed by atoms with E-state index < -0.39 is 16.0 Å². The molecule has 34 heavy (non-hydrogen) atoms. The standard InChI is InChI=1S/C24H32N4O5S/c1-2-33-20-7-9-21(10-8-20)34(31,32)26-19-14-22(24(29)30)23(25-15-19)28-13-5-6-18(17-28)16-27-11-3-4-12-27/h7-10,14-15,18,26H,2-6,11-13,16-17H2,1H3,(H,29,30)/t18-/m1/s1. The molecule has 2 aliphatic rings. The summed E-state index contributed by atoms with van der Waals surface area (Å²) in [5.74, 6) is 0.298. The Morgan fingerprint density at radius 3 is 2.59 bits per heavy atom. The van der Waals surface area contributed by atoms with Crippen molar-refractivity contribution in [3.8, 4) is 5.75 Å². The number of carboxylic acids is 1. The van der Waals surface area contributed by atoms with Gasteiger partial charge in [-0.2, -0.15) is 0 Å². The third-order valence-electron chi connectivity index (χ3n) is 6.33. The minimum atomic E-state index is -3.91.